The minimum absolute atomic E-state index is 0.131. The molecule has 4 atom stereocenters. The topological polar surface area (TPSA) is 95.0 Å². The lowest BCUT2D eigenvalue weighted by atomic mass is 10.2. The third-order valence-electron chi connectivity index (χ3n) is 8.03. The predicted octanol–water partition coefficient (Wildman–Crippen LogP) is 3.56. The van der Waals surface area contributed by atoms with Gasteiger partial charge < -0.3 is 29.1 Å². The van der Waals surface area contributed by atoms with Gasteiger partial charge in [-0.1, -0.05) is 0 Å². The molecule has 4 rings (SSSR count). The molecule has 2 aliphatic carbocycles. The van der Waals surface area contributed by atoms with Crippen LogP contribution in [0.4, 0.5) is 9.59 Å². The van der Waals surface area contributed by atoms with E-state index in [1.807, 2.05) is 46.4 Å². The van der Waals surface area contributed by atoms with Crippen molar-refractivity contribution in [2.45, 2.75) is 116 Å². The molecule has 2 heterocycles. The Labute approximate surface area is 235 Å². The molecule has 4 unspecified atom stereocenters. The number of methoxy groups -OCH3 is 1. The maximum Gasteiger partial charge on any atom is 0.410 e. The highest BCUT2D eigenvalue weighted by molar-refractivity contribution is 5.68. The fourth-order valence-electron chi connectivity index (χ4n) is 5.92. The van der Waals surface area contributed by atoms with Crippen molar-refractivity contribution in [3.05, 3.63) is 0 Å². The van der Waals surface area contributed by atoms with Crippen LogP contribution in [0, 0.1) is 0 Å². The number of rotatable bonds is 3. The molecule has 0 radical (unpaired) electrons. The Balaban J connectivity index is 0.000000216. The van der Waals surface area contributed by atoms with Gasteiger partial charge in [-0.25, -0.2) is 9.59 Å². The van der Waals surface area contributed by atoms with Crippen LogP contribution in [0.5, 0.6) is 0 Å². The monoisotopic (exact) mass is 554 g/mol. The molecule has 0 bridgehead atoms. The average molecular weight is 555 g/mol. The van der Waals surface area contributed by atoms with Gasteiger partial charge in [0.25, 0.3) is 0 Å². The van der Waals surface area contributed by atoms with E-state index in [1.165, 1.54) is 6.42 Å². The van der Waals surface area contributed by atoms with E-state index in [-0.39, 0.29) is 18.3 Å². The number of aliphatic hydroxyl groups is 1. The van der Waals surface area contributed by atoms with Crippen LogP contribution in [0.15, 0.2) is 0 Å². The molecule has 2 amide bonds. The third kappa shape index (κ3) is 10.4. The average Bonchev–Trinajstić information content (AvgIpc) is 3.52. The largest absolute Gasteiger partial charge is 0.444 e. The van der Waals surface area contributed by atoms with Crippen LogP contribution >= 0.6 is 0 Å². The summed E-state index contributed by atoms with van der Waals surface area (Å²) in [5.74, 6) is 0. The zero-order valence-electron chi connectivity index (χ0n) is 25.5. The Hall–Kier alpha value is -1.62. The number of nitrogens with zero attached hydrogens (tertiary/aromatic N) is 4. The van der Waals surface area contributed by atoms with Gasteiger partial charge in [0.15, 0.2) is 0 Å². The molecule has 39 heavy (non-hydrogen) atoms. The Morgan fingerprint density at radius 1 is 0.641 bits per heavy atom. The van der Waals surface area contributed by atoms with Gasteiger partial charge in [0.1, 0.15) is 11.2 Å². The second-order valence-electron chi connectivity index (χ2n) is 13.5. The van der Waals surface area contributed by atoms with Crippen LogP contribution in [-0.2, 0) is 14.2 Å². The minimum Gasteiger partial charge on any atom is -0.444 e. The van der Waals surface area contributed by atoms with Gasteiger partial charge in [0.05, 0.1) is 12.2 Å². The number of piperazine rings is 2. The maximum atomic E-state index is 12.0. The second-order valence-corrected chi connectivity index (χ2v) is 13.5. The molecule has 1 N–H and O–H groups in total. The Morgan fingerprint density at radius 3 is 1.38 bits per heavy atom. The highest BCUT2D eigenvalue weighted by Gasteiger charge is 2.34. The zero-order chi connectivity index (χ0) is 28.8. The highest BCUT2D eigenvalue weighted by Crippen LogP contribution is 2.27. The van der Waals surface area contributed by atoms with E-state index in [0.29, 0.717) is 18.2 Å². The zero-order valence-corrected chi connectivity index (χ0v) is 25.5. The standard InChI is InChI=1S/C15H28N2O3.C14H26N2O3/c1-15(2,3)20-14(18)17-9-7-16(8-10-17)12-5-6-13(11-12)19-4;1-14(2,3)19-13(18)16-8-6-15(7-9-16)11-4-5-12(17)10-11/h12-13H,5-11H2,1-4H3;11-12,17H,4-10H2,1-3H3. The van der Waals surface area contributed by atoms with Crippen LogP contribution in [-0.4, -0.2) is 132 Å². The number of hydrogen-bond donors (Lipinski definition) is 1. The van der Waals surface area contributed by atoms with Gasteiger partial charge in [-0.3, -0.25) is 9.80 Å². The number of carbonyl (C=O) groups excluding carboxylic acids is 2. The molecule has 0 aromatic rings. The van der Waals surface area contributed by atoms with Crippen molar-refractivity contribution in [2.24, 2.45) is 0 Å². The lowest BCUT2D eigenvalue weighted by Crippen LogP contribution is -2.52. The lowest BCUT2D eigenvalue weighted by molar-refractivity contribution is 0.00890. The Bertz CT molecular complexity index is 782. The van der Waals surface area contributed by atoms with E-state index in [4.69, 9.17) is 14.2 Å². The predicted molar refractivity (Wildman–Crippen MR) is 151 cm³/mol. The first kappa shape index (κ1) is 31.9. The first-order valence-electron chi connectivity index (χ1n) is 14.9. The number of amides is 2. The summed E-state index contributed by atoms with van der Waals surface area (Å²) in [5, 5.41) is 9.59. The quantitative estimate of drug-likeness (QED) is 0.566. The van der Waals surface area contributed by atoms with E-state index < -0.39 is 11.2 Å². The molecule has 0 aromatic carbocycles. The SMILES string of the molecule is CC(C)(C)OC(=O)N1CCN(C2CCC(O)C2)CC1.COC1CCC(N2CCN(C(=O)OC(C)(C)C)CC2)C1. The molecule has 4 aliphatic rings. The normalized spacial score (nSPS) is 29.1. The van der Waals surface area contributed by atoms with Crippen LogP contribution < -0.4 is 0 Å². The molecule has 0 aromatic heterocycles. The van der Waals surface area contributed by atoms with E-state index >= 15 is 0 Å². The molecule has 2 saturated heterocycles. The molecule has 0 spiro atoms. The van der Waals surface area contributed by atoms with Crippen LogP contribution in [0.1, 0.15) is 80.1 Å². The van der Waals surface area contributed by atoms with Crippen LogP contribution in [0.25, 0.3) is 0 Å². The Kier molecular flexibility index (Phi) is 11.3. The first-order valence-corrected chi connectivity index (χ1v) is 14.9. The fraction of sp³-hybridized carbons (Fsp3) is 0.931. The summed E-state index contributed by atoms with van der Waals surface area (Å²) in [6.45, 7) is 18.0. The van der Waals surface area contributed by atoms with Gasteiger partial charge in [0.2, 0.25) is 0 Å². The molecule has 10 nitrogen and oxygen atoms in total. The van der Waals surface area contributed by atoms with Crippen molar-refractivity contribution in [1.82, 2.24) is 19.6 Å². The fourth-order valence-corrected chi connectivity index (χ4v) is 5.92. The van der Waals surface area contributed by atoms with Gasteiger partial charge in [-0.05, 0) is 80.1 Å². The van der Waals surface area contributed by atoms with Crippen molar-refractivity contribution in [3.8, 4) is 0 Å². The van der Waals surface area contributed by atoms with Crippen molar-refractivity contribution in [3.63, 3.8) is 0 Å². The van der Waals surface area contributed by atoms with Crippen molar-refractivity contribution >= 4 is 12.2 Å². The summed E-state index contributed by atoms with van der Waals surface area (Å²) in [6, 6.07) is 1.12. The third-order valence-corrected chi connectivity index (χ3v) is 8.03. The summed E-state index contributed by atoms with van der Waals surface area (Å²) in [5.41, 5.74) is -0.838. The molecule has 2 saturated carbocycles. The summed E-state index contributed by atoms with van der Waals surface area (Å²) < 4.78 is 16.2. The minimum atomic E-state index is -0.427. The van der Waals surface area contributed by atoms with Gasteiger partial charge >= 0.3 is 12.2 Å². The Morgan fingerprint density at radius 2 is 1.05 bits per heavy atom. The number of hydrogen-bond acceptors (Lipinski definition) is 8. The second kappa shape index (κ2) is 13.8. The summed E-state index contributed by atoms with van der Waals surface area (Å²) in [4.78, 5) is 32.5. The first-order chi connectivity index (χ1) is 18.2. The lowest BCUT2D eigenvalue weighted by Gasteiger charge is -2.38. The number of carbonyl (C=O) groups is 2. The van der Waals surface area contributed by atoms with Crippen molar-refractivity contribution in [2.75, 3.05) is 59.5 Å². The number of ether oxygens (including phenoxy) is 3. The molecule has 10 heteroatoms. The van der Waals surface area contributed by atoms with Gasteiger partial charge in [-0.15, -0.1) is 0 Å². The summed E-state index contributed by atoms with van der Waals surface area (Å²) in [6.07, 6.45) is 6.27. The van der Waals surface area contributed by atoms with Gasteiger partial charge in [0, 0.05) is 71.6 Å². The summed E-state index contributed by atoms with van der Waals surface area (Å²) >= 11 is 0. The van der Waals surface area contributed by atoms with Crippen molar-refractivity contribution in [1.29, 1.82) is 0 Å². The van der Waals surface area contributed by atoms with E-state index in [0.717, 1.165) is 84.5 Å². The van der Waals surface area contributed by atoms with E-state index in [2.05, 4.69) is 9.80 Å². The van der Waals surface area contributed by atoms with E-state index in [9.17, 15) is 14.7 Å². The smallest absolute Gasteiger partial charge is 0.410 e. The maximum absolute atomic E-state index is 12.0. The summed E-state index contributed by atoms with van der Waals surface area (Å²) in [7, 11) is 1.80. The molecule has 226 valence electrons. The molecular weight excluding hydrogens is 500 g/mol. The molecular formula is C29H54N4O6. The van der Waals surface area contributed by atoms with Gasteiger partial charge in [-0.2, -0.15) is 0 Å². The molecule has 4 fully saturated rings. The van der Waals surface area contributed by atoms with Crippen LogP contribution in [0.2, 0.25) is 0 Å². The molecule has 2 aliphatic heterocycles. The van der Waals surface area contributed by atoms with Crippen molar-refractivity contribution < 1.29 is 28.9 Å². The van der Waals surface area contributed by atoms with E-state index in [1.54, 1.807) is 12.0 Å². The highest BCUT2D eigenvalue weighted by atomic mass is 16.6. The van der Waals surface area contributed by atoms with Crippen LogP contribution in [0.3, 0.4) is 0 Å². The number of aliphatic hydroxyl groups excluding tert-OH is 1.